The van der Waals surface area contributed by atoms with Crippen LogP contribution in [0, 0.1) is 11.6 Å². The van der Waals surface area contributed by atoms with Gasteiger partial charge in [0.2, 0.25) is 5.91 Å². The standard InChI is InChI=1S/C22H25F2N3O4/c1-30-19-4-2-3-18(24)21(19)22(29)27-11-9-26(10-12-27)20(28)13-16(25)14-31-17-7-5-15(23)6-8-17/h2-8,16H,9-14,25H2,1H3/t16-/m0/s1. The first-order chi connectivity index (χ1) is 14.9. The van der Waals surface area contributed by atoms with Crippen LogP contribution in [0.5, 0.6) is 11.5 Å². The topological polar surface area (TPSA) is 85.1 Å². The summed E-state index contributed by atoms with van der Waals surface area (Å²) in [7, 11) is 1.38. The van der Waals surface area contributed by atoms with Crippen molar-refractivity contribution in [2.75, 3.05) is 39.9 Å². The maximum Gasteiger partial charge on any atom is 0.260 e. The highest BCUT2D eigenvalue weighted by Crippen LogP contribution is 2.23. The first-order valence-corrected chi connectivity index (χ1v) is 9.92. The molecular formula is C22H25F2N3O4. The van der Waals surface area contributed by atoms with E-state index in [4.69, 9.17) is 15.2 Å². The molecule has 9 heteroatoms. The fourth-order valence-corrected chi connectivity index (χ4v) is 3.35. The van der Waals surface area contributed by atoms with Crippen molar-refractivity contribution < 1.29 is 27.8 Å². The summed E-state index contributed by atoms with van der Waals surface area (Å²) in [6, 6.07) is 9.24. The molecule has 1 heterocycles. The number of rotatable bonds is 7. The summed E-state index contributed by atoms with van der Waals surface area (Å²) in [6.07, 6.45) is 0.0796. The average molecular weight is 433 g/mol. The molecule has 1 saturated heterocycles. The predicted octanol–water partition coefficient (Wildman–Crippen LogP) is 2.05. The molecule has 1 aliphatic heterocycles. The van der Waals surface area contributed by atoms with Crippen LogP contribution in [0.3, 0.4) is 0 Å². The molecule has 1 fully saturated rings. The van der Waals surface area contributed by atoms with E-state index < -0.39 is 17.8 Å². The van der Waals surface area contributed by atoms with Gasteiger partial charge in [-0.15, -0.1) is 0 Å². The molecule has 2 aromatic rings. The van der Waals surface area contributed by atoms with Gasteiger partial charge in [-0.25, -0.2) is 8.78 Å². The van der Waals surface area contributed by atoms with E-state index in [0.717, 1.165) is 0 Å². The Hall–Kier alpha value is -3.20. The van der Waals surface area contributed by atoms with Gasteiger partial charge in [-0.2, -0.15) is 0 Å². The first kappa shape index (κ1) is 22.5. The number of hydrogen-bond acceptors (Lipinski definition) is 5. The highest BCUT2D eigenvalue weighted by Gasteiger charge is 2.28. The number of nitrogens with zero attached hydrogens (tertiary/aromatic N) is 2. The van der Waals surface area contributed by atoms with Crippen LogP contribution < -0.4 is 15.2 Å². The third-order valence-electron chi connectivity index (χ3n) is 5.04. The third-order valence-corrected chi connectivity index (χ3v) is 5.04. The van der Waals surface area contributed by atoms with E-state index in [2.05, 4.69) is 0 Å². The number of nitrogens with two attached hydrogens (primary N) is 1. The molecule has 2 N–H and O–H groups in total. The quantitative estimate of drug-likeness (QED) is 0.723. The van der Waals surface area contributed by atoms with Crippen LogP contribution in [0.1, 0.15) is 16.8 Å². The van der Waals surface area contributed by atoms with E-state index >= 15 is 0 Å². The molecule has 7 nitrogen and oxygen atoms in total. The summed E-state index contributed by atoms with van der Waals surface area (Å²) in [4.78, 5) is 28.4. The number of benzene rings is 2. The molecule has 1 aliphatic rings. The maximum atomic E-state index is 14.2. The normalized spacial score (nSPS) is 14.8. The number of hydrogen-bond donors (Lipinski definition) is 1. The first-order valence-electron chi connectivity index (χ1n) is 9.92. The lowest BCUT2D eigenvalue weighted by Crippen LogP contribution is -2.51. The fraction of sp³-hybridized carbons (Fsp3) is 0.364. The number of carbonyl (C=O) groups is 2. The van der Waals surface area contributed by atoms with Crippen molar-refractivity contribution in [3.63, 3.8) is 0 Å². The zero-order valence-electron chi connectivity index (χ0n) is 17.2. The molecule has 0 bridgehead atoms. The van der Waals surface area contributed by atoms with Crippen molar-refractivity contribution in [3.8, 4) is 11.5 Å². The highest BCUT2D eigenvalue weighted by atomic mass is 19.1. The van der Waals surface area contributed by atoms with Crippen molar-refractivity contribution in [1.29, 1.82) is 0 Å². The molecule has 2 aromatic carbocycles. The minimum absolute atomic E-state index is 0.0796. The molecule has 3 rings (SSSR count). The Morgan fingerprint density at radius 2 is 1.68 bits per heavy atom. The van der Waals surface area contributed by atoms with Crippen LogP contribution in [-0.2, 0) is 4.79 Å². The smallest absolute Gasteiger partial charge is 0.260 e. The van der Waals surface area contributed by atoms with Crippen molar-refractivity contribution in [2.24, 2.45) is 5.73 Å². The van der Waals surface area contributed by atoms with Gasteiger partial charge >= 0.3 is 0 Å². The summed E-state index contributed by atoms with van der Waals surface area (Å²) in [5, 5.41) is 0. The van der Waals surface area contributed by atoms with Gasteiger partial charge in [0.05, 0.1) is 7.11 Å². The zero-order chi connectivity index (χ0) is 22.4. The summed E-state index contributed by atoms with van der Waals surface area (Å²) in [6.45, 7) is 1.33. The number of carbonyl (C=O) groups excluding carboxylic acids is 2. The van der Waals surface area contributed by atoms with Crippen LogP contribution in [0.2, 0.25) is 0 Å². The van der Waals surface area contributed by atoms with Gasteiger partial charge < -0.3 is 25.0 Å². The average Bonchev–Trinajstić information content (AvgIpc) is 2.78. The van der Waals surface area contributed by atoms with E-state index in [-0.39, 0.29) is 49.2 Å². The van der Waals surface area contributed by atoms with Crippen LogP contribution in [0.4, 0.5) is 8.78 Å². The molecule has 0 radical (unpaired) electrons. The van der Waals surface area contributed by atoms with E-state index in [9.17, 15) is 18.4 Å². The molecule has 0 aliphatic carbocycles. The van der Waals surface area contributed by atoms with Gasteiger partial charge in [0.1, 0.15) is 35.3 Å². The number of halogens is 2. The van der Waals surface area contributed by atoms with Crippen LogP contribution in [-0.4, -0.2) is 67.6 Å². The minimum atomic E-state index is -0.644. The molecule has 1 atom stereocenters. The van der Waals surface area contributed by atoms with E-state index in [0.29, 0.717) is 18.8 Å². The second kappa shape index (κ2) is 10.2. The van der Waals surface area contributed by atoms with Gasteiger partial charge in [0.15, 0.2) is 0 Å². The van der Waals surface area contributed by atoms with E-state index in [1.165, 1.54) is 54.5 Å². The molecule has 0 aromatic heterocycles. The third kappa shape index (κ3) is 5.69. The van der Waals surface area contributed by atoms with Gasteiger partial charge in [-0.1, -0.05) is 6.07 Å². The summed E-state index contributed by atoms with van der Waals surface area (Å²) in [5.41, 5.74) is 5.89. The van der Waals surface area contributed by atoms with Gasteiger partial charge in [0, 0.05) is 38.6 Å². The summed E-state index contributed by atoms with van der Waals surface area (Å²) >= 11 is 0. The number of methoxy groups -OCH3 is 1. The Balaban J connectivity index is 1.48. The molecule has 31 heavy (non-hydrogen) atoms. The highest BCUT2D eigenvalue weighted by molar-refractivity contribution is 5.97. The Morgan fingerprint density at radius 1 is 1.03 bits per heavy atom. The predicted molar refractivity (Wildman–Crippen MR) is 110 cm³/mol. The zero-order valence-corrected chi connectivity index (χ0v) is 17.2. The van der Waals surface area contributed by atoms with Crippen molar-refractivity contribution >= 4 is 11.8 Å². The molecular weight excluding hydrogens is 408 g/mol. The second-order valence-electron chi connectivity index (χ2n) is 7.22. The van der Waals surface area contributed by atoms with Gasteiger partial charge in [-0.3, -0.25) is 9.59 Å². The molecule has 0 unspecified atom stereocenters. The van der Waals surface area contributed by atoms with Crippen LogP contribution in [0.15, 0.2) is 42.5 Å². The van der Waals surface area contributed by atoms with Crippen molar-refractivity contribution in [1.82, 2.24) is 9.80 Å². The second-order valence-corrected chi connectivity index (χ2v) is 7.22. The molecule has 2 amide bonds. The van der Waals surface area contributed by atoms with Crippen molar-refractivity contribution in [2.45, 2.75) is 12.5 Å². The summed E-state index contributed by atoms with van der Waals surface area (Å²) < 4.78 is 37.7. The fourth-order valence-electron chi connectivity index (χ4n) is 3.35. The Labute approximate surface area is 179 Å². The largest absolute Gasteiger partial charge is 0.496 e. The maximum absolute atomic E-state index is 14.2. The van der Waals surface area contributed by atoms with Gasteiger partial charge in [-0.05, 0) is 36.4 Å². The SMILES string of the molecule is COc1cccc(F)c1C(=O)N1CCN(C(=O)C[C@H](N)COc2ccc(F)cc2)CC1. The molecule has 0 spiro atoms. The molecule has 0 saturated carbocycles. The Bertz CT molecular complexity index is 915. The van der Waals surface area contributed by atoms with E-state index in [1.807, 2.05) is 0 Å². The number of ether oxygens (including phenoxy) is 2. The monoisotopic (exact) mass is 433 g/mol. The Morgan fingerprint density at radius 3 is 2.32 bits per heavy atom. The van der Waals surface area contributed by atoms with Gasteiger partial charge in [0.25, 0.3) is 5.91 Å². The van der Waals surface area contributed by atoms with Crippen LogP contribution >= 0.6 is 0 Å². The Kier molecular flexibility index (Phi) is 7.41. The lowest BCUT2D eigenvalue weighted by atomic mass is 10.1. The molecule has 166 valence electrons. The number of amides is 2. The van der Waals surface area contributed by atoms with E-state index in [1.54, 1.807) is 4.90 Å². The lowest BCUT2D eigenvalue weighted by Gasteiger charge is -2.35. The lowest BCUT2D eigenvalue weighted by molar-refractivity contribution is -0.133. The number of piperazine rings is 1. The van der Waals surface area contributed by atoms with Crippen LogP contribution in [0.25, 0.3) is 0 Å². The van der Waals surface area contributed by atoms with Crippen molar-refractivity contribution in [3.05, 3.63) is 59.7 Å². The summed E-state index contributed by atoms with van der Waals surface area (Å²) in [5.74, 6) is -0.972. The minimum Gasteiger partial charge on any atom is -0.496 e.